The quantitative estimate of drug-likeness (QED) is 0.478. The van der Waals surface area contributed by atoms with Gasteiger partial charge in [0.25, 0.3) is 0 Å². The van der Waals surface area contributed by atoms with Crippen LogP contribution in [0.1, 0.15) is 11.1 Å². The zero-order valence-corrected chi connectivity index (χ0v) is 14.6. The van der Waals surface area contributed by atoms with E-state index in [4.69, 9.17) is 9.84 Å². The molecule has 136 valence electrons. The Labute approximate surface area is 157 Å². The van der Waals surface area contributed by atoms with Crippen LogP contribution in [-0.2, 0) is 16.2 Å². The Morgan fingerprint density at radius 2 is 1.52 bits per heavy atom. The largest absolute Gasteiger partial charge is 0.489 e. The van der Waals surface area contributed by atoms with E-state index in [1.54, 1.807) is 0 Å². The van der Waals surface area contributed by atoms with Gasteiger partial charge < -0.3 is 14.7 Å². The summed E-state index contributed by atoms with van der Waals surface area (Å²) in [5.74, 6) is -0.236. The normalized spacial score (nSPS) is 10.7. The molecule has 0 unspecified atom stereocenters. The second-order valence-electron chi connectivity index (χ2n) is 5.82. The molecule has 0 spiro atoms. The molecule has 3 rings (SSSR count). The van der Waals surface area contributed by atoms with Gasteiger partial charge in [-0.1, -0.05) is 71.9 Å². The minimum Gasteiger partial charge on any atom is -0.489 e. The van der Waals surface area contributed by atoms with Crippen LogP contribution in [0.15, 0.2) is 84.0 Å². The van der Waals surface area contributed by atoms with Crippen LogP contribution in [-0.4, -0.2) is 23.9 Å². The average Bonchev–Trinajstić information content (AvgIpc) is 2.71. The van der Waals surface area contributed by atoms with E-state index < -0.39 is 12.6 Å². The highest BCUT2D eigenvalue weighted by molar-refractivity contribution is 5.80. The molecule has 0 aliphatic rings. The molecule has 0 aromatic heterocycles. The lowest BCUT2D eigenvalue weighted by molar-refractivity contribution is -0.142. The predicted molar refractivity (Wildman–Crippen MR) is 104 cm³/mol. The fraction of sp³-hybridized carbons (Fsp3) is 0.0909. The van der Waals surface area contributed by atoms with Crippen LogP contribution >= 0.6 is 0 Å². The number of benzene rings is 3. The number of aliphatic carboxylic acids is 1. The maximum Gasteiger partial charge on any atom is 0.344 e. The molecule has 3 aromatic rings. The molecule has 0 aliphatic carbocycles. The number of carboxylic acid groups (broad SMARTS) is 1. The van der Waals surface area contributed by atoms with E-state index in [2.05, 4.69) is 9.99 Å². The Morgan fingerprint density at radius 3 is 2.15 bits per heavy atom. The first-order chi connectivity index (χ1) is 13.2. The maximum absolute atomic E-state index is 10.3. The maximum atomic E-state index is 10.3. The van der Waals surface area contributed by atoms with Gasteiger partial charge in [0.15, 0.2) is 0 Å². The molecular weight excluding hydrogens is 342 g/mol. The third kappa shape index (κ3) is 5.71. The molecule has 3 aromatic carbocycles. The van der Waals surface area contributed by atoms with Crippen LogP contribution in [0.5, 0.6) is 5.75 Å². The molecule has 0 atom stereocenters. The Hall–Kier alpha value is -3.60. The van der Waals surface area contributed by atoms with E-state index in [0.717, 1.165) is 28.0 Å². The summed E-state index contributed by atoms with van der Waals surface area (Å²) in [4.78, 5) is 15.0. The molecular formula is C22H19NO4. The molecule has 5 heteroatoms. The van der Waals surface area contributed by atoms with Gasteiger partial charge in [0.2, 0.25) is 6.61 Å². The minimum atomic E-state index is -1.06. The lowest BCUT2D eigenvalue weighted by Crippen LogP contribution is -2.03. The molecule has 0 saturated heterocycles. The van der Waals surface area contributed by atoms with E-state index in [-0.39, 0.29) is 0 Å². The van der Waals surface area contributed by atoms with E-state index in [1.807, 2.05) is 78.9 Å². The molecule has 0 bridgehead atoms. The Morgan fingerprint density at radius 1 is 0.889 bits per heavy atom. The fourth-order valence-electron chi connectivity index (χ4n) is 2.44. The van der Waals surface area contributed by atoms with E-state index >= 15 is 0 Å². The lowest BCUT2D eigenvalue weighted by Gasteiger charge is -2.08. The second kappa shape index (κ2) is 9.20. The Balaban J connectivity index is 1.57. The second-order valence-corrected chi connectivity index (χ2v) is 5.82. The van der Waals surface area contributed by atoms with Gasteiger partial charge in [-0.05, 0) is 34.4 Å². The van der Waals surface area contributed by atoms with Crippen molar-refractivity contribution in [1.29, 1.82) is 0 Å². The molecule has 1 N–H and O–H groups in total. The van der Waals surface area contributed by atoms with Crippen molar-refractivity contribution in [2.45, 2.75) is 6.61 Å². The number of carbonyl (C=O) groups is 1. The minimum absolute atomic E-state index is 0.451. The van der Waals surface area contributed by atoms with Gasteiger partial charge in [-0.15, -0.1) is 0 Å². The summed E-state index contributed by atoms with van der Waals surface area (Å²) in [6.07, 6.45) is 1.48. The first kappa shape index (κ1) is 18.2. The van der Waals surface area contributed by atoms with Crippen molar-refractivity contribution in [3.05, 3.63) is 90.0 Å². The van der Waals surface area contributed by atoms with Crippen molar-refractivity contribution < 1.29 is 19.5 Å². The van der Waals surface area contributed by atoms with Crippen molar-refractivity contribution in [2.75, 3.05) is 6.61 Å². The van der Waals surface area contributed by atoms with Gasteiger partial charge in [0, 0.05) is 0 Å². The summed E-state index contributed by atoms with van der Waals surface area (Å²) in [7, 11) is 0. The van der Waals surface area contributed by atoms with Crippen molar-refractivity contribution in [2.24, 2.45) is 5.16 Å². The SMILES string of the molecule is O=C(O)CO/N=C/c1ccc(-c2ccc(OCc3ccccc3)cc2)cc1. The summed E-state index contributed by atoms with van der Waals surface area (Å²) in [6, 6.07) is 25.7. The molecule has 0 fully saturated rings. The van der Waals surface area contributed by atoms with Gasteiger partial charge in [-0.25, -0.2) is 4.79 Å². The summed E-state index contributed by atoms with van der Waals surface area (Å²) in [5.41, 5.74) is 4.10. The number of carboxylic acids is 1. The average molecular weight is 361 g/mol. The van der Waals surface area contributed by atoms with Crippen LogP contribution in [0.4, 0.5) is 0 Å². The van der Waals surface area contributed by atoms with Crippen LogP contribution in [0.25, 0.3) is 11.1 Å². The highest BCUT2D eigenvalue weighted by Gasteiger charge is 2.00. The summed E-state index contributed by atoms with van der Waals surface area (Å²) >= 11 is 0. The highest BCUT2D eigenvalue weighted by Crippen LogP contribution is 2.23. The first-order valence-electron chi connectivity index (χ1n) is 8.45. The highest BCUT2D eigenvalue weighted by atomic mass is 16.6. The van der Waals surface area contributed by atoms with E-state index in [1.165, 1.54) is 6.21 Å². The number of oxime groups is 1. The summed E-state index contributed by atoms with van der Waals surface area (Å²) in [6.45, 7) is 0.0887. The zero-order valence-electron chi connectivity index (χ0n) is 14.6. The van der Waals surface area contributed by atoms with Crippen LogP contribution in [0.3, 0.4) is 0 Å². The Bertz CT molecular complexity index is 888. The van der Waals surface area contributed by atoms with Crippen LogP contribution < -0.4 is 4.74 Å². The van der Waals surface area contributed by atoms with Crippen molar-refractivity contribution in [1.82, 2.24) is 0 Å². The summed E-state index contributed by atoms with van der Waals surface area (Å²) < 4.78 is 5.80. The molecule has 0 aliphatic heterocycles. The summed E-state index contributed by atoms with van der Waals surface area (Å²) in [5, 5.41) is 12.1. The van der Waals surface area contributed by atoms with E-state index in [9.17, 15) is 4.79 Å². The molecule has 0 heterocycles. The Kier molecular flexibility index (Phi) is 6.20. The topological polar surface area (TPSA) is 68.1 Å². The molecule has 0 radical (unpaired) electrons. The lowest BCUT2D eigenvalue weighted by atomic mass is 10.0. The van der Waals surface area contributed by atoms with Crippen molar-refractivity contribution >= 4 is 12.2 Å². The third-order valence-electron chi connectivity index (χ3n) is 3.81. The molecule has 0 saturated carbocycles. The number of ether oxygens (including phenoxy) is 1. The van der Waals surface area contributed by atoms with Crippen LogP contribution in [0, 0.1) is 0 Å². The standard InChI is InChI=1S/C22H19NO4/c24-22(25)16-27-23-14-17-6-8-19(9-7-17)20-10-12-21(13-11-20)26-15-18-4-2-1-3-5-18/h1-14H,15-16H2,(H,24,25)/b23-14+. The number of hydrogen-bond donors (Lipinski definition) is 1. The monoisotopic (exact) mass is 361 g/mol. The number of rotatable bonds is 8. The molecule has 27 heavy (non-hydrogen) atoms. The van der Waals surface area contributed by atoms with Crippen molar-refractivity contribution in [3.63, 3.8) is 0 Å². The van der Waals surface area contributed by atoms with Gasteiger partial charge in [0.1, 0.15) is 12.4 Å². The van der Waals surface area contributed by atoms with Crippen LogP contribution in [0.2, 0.25) is 0 Å². The van der Waals surface area contributed by atoms with Gasteiger partial charge in [0.05, 0.1) is 6.21 Å². The van der Waals surface area contributed by atoms with Gasteiger partial charge >= 0.3 is 5.97 Å². The zero-order chi connectivity index (χ0) is 18.9. The number of hydrogen-bond acceptors (Lipinski definition) is 4. The van der Waals surface area contributed by atoms with E-state index in [0.29, 0.717) is 6.61 Å². The van der Waals surface area contributed by atoms with Gasteiger partial charge in [-0.2, -0.15) is 0 Å². The van der Waals surface area contributed by atoms with Crippen molar-refractivity contribution in [3.8, 4) is 16.9 Å². The molecule has 0 amide bonds. The number of nitrogens with zero attached hydrogens (tertiary/aromatic N) is 1. The fourth-order valence-corrected chi connectivity index (χ4v) is 2.44. The van der Waals surface area contributed by atoms with Gasteiger partial charge in [-0.3, -0.25) is 0 Å². The first-order valence-corrected chi connectivity index (χ1v) is 8.45. The molecule has 5 nitrogen and oxygen atoms in total. The third-order valence-corrected chi connectivity index (χ3v) is 3.81. The smallest absolute Gasteiger partial charge is 0.344 e. The predicted octanol–water partition coefficient (Wildman–Crippen LogP) is 4.37.